The van der Waals surface area contributed by atoms with E-state index in [9.17, 15) is 9.59 Å². The van der Waals surface area contributed by atoms with Crippen LogP contribution in [-0.2, 0) is 11.8 Å². The van der Waals surface area contributed by atoms with E-state index in [1.165, 1.54) is 0 Å². The predicted octanol–water partition coefficient (Wildman–Crippen LogP) is 1.29. The van der Waals surface area contributed by atoms with Crippen molar-refractivity contribution in [2.45, 2.75) is 64.0 Å². The number of nitrogens with one attached hydrogen (secondary N) is 2. The van der Waals surface area contributed by atoms with Crippen LogP contribution in [0.15, 0.2) is 0 Å². The minimum absolute atomic E-state index is 0.0856. The molecule has 1 saturated carbocycles. The zero-order chi connectivity index (χ0) is 18.9. The van der Waals surface area contributed by atoms with Crippen LogP contribution in [0, 0.1) is 13.8 Å². The number of aryl methyl sites for hydroxylation is 2. The smallest absolute Gasteiger partial charge is 0.255 e. The molecule has 0 radical (unpaired) electrons. The zero-order valence-electron chi connectivity index (χ0n) is 16.4. The van der Waals surface area contributed by atoms with E-state index in [2.05, 4.69) is 15.7 Å². The zero-order valence-corrected chi connectivity index (χ0v) is 16.4. The van der Waals surface area contributed by atoms with Gasteiger partial charge in [0.05, 0.1) is 11.3 Å². The molecule has 1 saturated heterocycles. The lowest BCUT2D eigenvalue weighted by Gasteiger charge is -2.39. The highest BCUT2D eigenvalue weighted by molar-refractivity contribution is 6.00. The number of piperidine rings is 1. The molecule has 2 amide bonds. The van der Waals surface area contributed by atoms with Gasteiger partial charge in [-0.15, -0.1) is 0 Å². The molecule has 2 heterocycles. The number of amides is 2. The van der Waals surface area contributed by atoms with Gasteiger partial charge in [0.2, 0.25) is 5.91 Å². The van der Waals surface area contributed by atoms with E-state index >= 15 is 0 Å². The van der Waals surface area contributed by atoms with Crippen molar-refractivity contribution >= 4 is 11.8 Å². The molecule has 7 heteroatoms. The maximum atomic E-state index is 13.4. The Bertz CT molecular complexity index is 690. The summed E-state index contributed by atoms with van der Waals surface area (Å²) in [6, 6.07) is 0.338. The Morgan fingerprint density at radius 2 is 1.88 bits per heavy atom. The molecule has 7 nitrogen and oxygen atoms in total. The molecule has 1 aliphatic carbocycles. The van der Waals surface area contributed by atoms with Crippen LogP contribution in [0.25, 0.3) is 0 Å². The standard InChI is InChI=1S/C19H31N5O2/c1-13-16(14(2)23(4)22-13)17(25)21-19(9-5-6-10-19)18(26)24-11-7-8-15(12-24)20-3/h15,20H,5-12H2,1-4H3,(H,21,25). The first kappa shape index (κ1) is 18.9. The molecule has 2 fully saturated rings. The van der Waals surface area contributed by atoms with E-state index in [1.807, 2.05) is 32.8 Å². The normalized spacial score (nSPS) is 22.5. The lowest BCUT2D eigenvalue weighted by Crippen LogP contribution is -2.61. The molecule has 144 valence electrons. The highest BCUT2D eigenvalue weighted by atomic mass is 16.2. The summed E-state index contributed by atoms with van der Waals surface area (Å²) >= 11 is 0. The molecule has 1 aromatic rings. The lowest BCUT2D eigenvalue weighted by molar-refractivity contribution is -0.139. The third-order valence-corrected chi connectivity index (χ3v) is 6.07. The van der Waals surface area contributed by atoms with Crippen LogP contribution in [-0.4, -0.2) is 58.2 Å². The van der Waals surface area contributed by atoms with Crippen molar-refractivity contribution in [3.05, 3.63) is 17.0 Å². The van der Waals surface area contributed by atoms with Gasteiger partial charge in [-0.05, 0) is 46.6 Å². The van der Waals surface area contributed by atoms with Gasteiger partial charge in [0.15, 0.2) is 0 Å². The molecule has 1 atom stereocenters. The van der Waals surface area contributed by atoms with Gasteiger partial charge in [-0.2, -0.15) is 5.10 Å². The minimum Gasteiger partial charge on any atom is -0.339 e. The number of likely N-dealkylation sites (N-methyl/N-ethyl adjacent to an activating group) is 1. The Morgan fingerprint density at radius 1 is 1.19 bits per heavy atom. The predicted molar refractivity (Wildman–Crippen MR) is 100 cm³/mol. The van der Waals surface area contributed by atoms with Gasteiger partial charge < -0.3 is 15.5 Å². The van der Waals surface area contributed by atoms with Gasteiger partial charge >= 0.3 is 0 Å². The van der Waals surface area contributed by atoms with Crippen LogP contribution >= 0.6 is 0 Å². The molecule has 2 N–H and O–H groups in total. The van der Waals surface area contributed by atoms with Crippen LogP contribution in [0.4, 0.5) is 0 Å². The number of nitrogens with zero attached hydrogens (tertiary/aromatic N) is 3. The van der Waals surface area contributed by atoms with Crippen LogP contribution in [0.5, 0.6) is 0 Å². The Labute approximate surface area is 155 Å². The van der Waals surface area contributed by atoms with Crippen molar-refractivity contribution in [2.75, 3.05) is 20.1 Å². The average molecular weight is 361 g/mol. The molecule has 0 bridgehead atoms. The van der Waals surface area contributed by atoms with Crippen LogP contribution < -0.4 is 10.6 Å². The van der Waals surface area contributed by atoms with Gasteiger partial charge in [-0.3, -0.25) is 14.3 Å². The Kier molecular flexibility index (Phi) is 5.37. The summed E-state index contributed by atoms with van der Waals surface area (Å²) in [5, 5.41) is 10.8. The number of hydrogen-bond acceptors (Lipinski definition) is 4. The van der Waals surface area contributed by atoms with Gasteiger partial charge in [0.25, 0.3) is 5.91 Å². The van der Waals surface area contributed by atoms with Crippen LogP contribution in [0.3, 0.4) is 0 Å². The van der Waals surface area contributed by atoms with E-state index in [4.69, 9.17) is 0 Å². The highest BCUT2D eigenvalue weighted by Gasteiger charge is 2.46. The summed E-state index contributed by atoms with van der Waals surface area (Å²) in [4.78, 5) is 28.4. The number of rotatable bonds is 4. The molecule has 0 spiro atoms. The second-order valence-corrected chi connectivity index (χ2v) is 7.79. The Balaban J connectivity index is 1.81. The van der Waals surface area contributed by atoms with Gasteiger partial charge in [0, 0.05) is 31.9 Å². The van der Waals surface area contributed by atoms with Crippen molar-refractivity contribution in [3.8, 4) is 0 Å². The molecular formula is C19H31N5O2. The topological polar surface area (TPSA) is 79.3 Å². The van der Waals surface area contributed by atoms with Crippen LogP contribution in [0.2, 0.25) is 0 Å². The summed E-state index contributed by atoms with van der Waals surface area (Å²) < 4.78 is 1.72. The molecule has 1 unspecified atom stereocenters. The molecule has 0 aromatic carbocycles. The molecule has 26 heavy (non-hydrogen) atoms. The maximum absolute atomic E-state index is 13.4. The number of hydrogen-bond donors (Lipinski definition) is 2. The first-order valence-electron chi connectivity index (χ1n) is 9.67. The van der Waals surface area contributed by atoms with Gasteiger partial charge in [-0.25, -0.2) is 0 Å². The first-order valence-corrected chi connectivity index (χ1v) is 9.67. The molecule has 3 rings (SSSR count). The SMILES string of the molecule is CNC1CCCN(C(=O)C2(NC(=O)c3c(C)nn(C)c3C)CCCC2)C1. The second kappa shape index (κ2) is 7.39. The second-order valence-electron chi connectivity index (χ2n) is 7.79. The molecular weight excluding hydrogens is 330 g/mol. The maximum Gasteiger partial charge on any atom is 0.255 e. The summed E-state index contributed by atoms with van der Waals surface area (Å²) in [5.41, 5.74) is 1.37. The van der Waals surface area contributed by atoms with Crippen molar-refractivity contribution < 1.29 is 9.59 Å². The number of carbonyl (C=O) groups excluding carboxylic acids is 2. The first-order chi connectivity index (χ1) is 12.4. The monoisotopic (exact) mass is 361 g/mol. The highest BCUT2D eigenvalue weighted by Crippen LogP contribution is 2.33. The molecule has 2 aliphatic rings. The fourth-order valence-corrected chi connectivity index (χ4v) is 4.45. The molecule has 1 aromatic heterocycles. The van der Waals surface area contributed by atoms with E-state index in [-0.39, 0.29) is 11.8 Å². The van der Waals surface area contributed by atoms with Gasteiger partial charge in [-0.1, -0.05) is 12.8 Å². The third kappa shape index (κ3) is 3.37. The number of carbonyl (C=O) groups is 2. The van der Waals surface area contributed by atoms with Crippen molar-refractivity contribution in [1.29, 1.82) is 0 Å². The fourth-order valence-electron chi connectivity index (χ4n) is 4.45. The van der Waals surface area contributed by atoms with Crippen molar-refractivity contribution in [2.24, 2.45) is 7.05 Å². The third-order valence-electron chi connectivity index (χ3n) is 6.07. The number of aromatic nitrogens is 2. The lowest BCUT2D eigenvalue weighted by atomic mass is 9.92. The summed E-state index contributed by atoms with van der Waals surface area (Å²) in [6.07, 6.45) is 5.48. The summed E-state index contributed by atoms with van der Waals surface area (Å²) in [5.74, 6) is -0.0898. The largest absolute Gasteiger partial charge is 0.339 e. The minimum atomic E-state index is -0.762. The average Bonchev–Trinajstić information content (AvgIpc) is 3.19. The quantitative estimate of drug-likeness (QED) is 0.847. The van der Waals surface area contributed by atoms with Crippen LogP contribution in [0.1, 0.15) is 60.3 Å². The van der Waals surface area contributed by atoms with E-state index in [0.717, 1.165) is 57.3 Å². The Hall–Kier alpha value is -1.89. The van der Waals surface area contributed by atoms with Gasteiger partial charge in [0.1, 0.15) is 5.54 Å². The molecule has 1 aliphatic heterocycles. The van der Waals surface area contributed by atoms with Crippen molar-refractivity contribution in [1.82, 2.24) is 25.3 Å². The van der Waals surface area contributed by atoms with Crippen molar-refractivity contribution in [3.63, 3.8) is 0 Å². The van der Waals surface area contributed by atoms with E-state index in [0.29, 0.717) is 17.3 Å². The Morgan fingerprint density at radius 3 is 2.46 bits per heavy atom. The summed E-state index contributed by atoms with van der Waals surface area (Å²) in [6.45, 7) is 5.23. The summed E-state index contributed by atoms with van der Waals surface area (Å²) in [7, 11) is 3.78. The number of likely N-dealkylation sites (tertiary alicyclic amines) is 1. The van der Waals surface area contributed by atoms with E-state index < -0.39 is 5.54 Å². The fraction of sp³-hybridized carbons (Fsp3) is 0.737. The van der Waals surface area contributed by atoms with E-state index in [1.54, 1.807) is 4.68 Å².